The third-order valence-electron chi connectivity index (χ3n) is 6.36. The number of hydrogen-bond donors (Lipinski definition) is 2. The number of hydrogen-bond acceptors (Lipinski definition) is 5. The van der Waals surface area contributed by atoms with Crippen LogP contribution in [0.2, 0.25) is 0 Å². The summed E-state index contributed by atoms with van der Waals surface area (Å²) in [4.78, 5) is 15.5. The minimum atomic E-state index is -0.754. The highest BCUT2D eigenvalue weighted by Crippen LogP contribution is 2.46. The summed E-state index contributed by atoms with van der Waals surface area (Å²) in [5.41, 5.74) is 5.65. The van der Waals surface area contributed by atoms with Gasteiger partial charge in [0.1, 0.15) is 18.1 Å². The van der Waals surface area contributed by atoms with Crippen LogP contribution >= 0.6 is 0 Å². The Morgan fingerprint density at radius 2 is 1.80 bits per heavy atom. The Hall–Kier alpha value is -3.38. The van der Waals surface area contributed by atoms with E-state index in [0.29, 0.717) is 31.8 Å². The molecular formula is C29H33NO5. The molecule has 0 amide bonds. The standard InChI is InChI=1S/C29H33NO5/c1-18-12-23(34-11-10-29(3,4)33)13-19(2)27(18)21-7-5-6-20(14-21)17-35-22-8-9-26(30-16-22)24-15-25(24)28(31)32/h5-9,12-14,16,24-25,33H,10-11,15,17H2,1-4H3,(H,31,32)/t24-,25-/m0/s1. The number of aromatic nitrogens is 1. The van der Waals surface area contributed by atoms with Crippen LogP contribution in [0, 0.1) is 19.8 Å². The van der Waals surface area contributed by atoms with Crippen LogP contribution < -0.4 is 9.47 Å². The van der Waals surface area contributed by atoms with E-state index in [1.54, 1.807) is 20.0 Å². The highest BCUT2D eigenvalue weighted by molar-refractivity contribution is 5.75. The van der Waals surface area contributed by atoms with Crippen molar-refractivity contribution in [3.05, 3.63) is 77.1 Å². The molecule has 0 bridgehead atoms. The Balaban J connectivity index is 1.40. The van der Waals surface area contributed by atoms with E-state index in [4.69, 9.17) is 14.6 Å². The van der Waals surface area contributed by atoms with Gasteiger partial charge in [0.15, 0.2) is 0 Å². The molecular weight excluding hydrogens is 442 g/mol. The molecule has 1 aromatic heterocycles. The predicted molar refractivity (Wildman–Crippen MR) is 135 cm³/mol. The van der Waals surface area contributed by atoms with Crippen molar-refractivity contribution in [2.75, 3.05) is 6.61 Å². The van der Waals surface area contributed by atoms with Gasteiger partial charge in [-0.1, -0.05) is 18.2 Å². The summed E-state index contributed by atoms with van der Waals surface area (Å²) in [5, 5.41) is 19.0. The highest BCUT2D eigenvalue weighted by Gasteiger charge is 2.45. The Kier molecular flexibility index (Phi) is 7.13. The molecule has 184 valence electrons. The molecule has 1 aliphatic rings. The summed E-state index contributed by atoms with van der Waals surface area (Å²) in [6, 6.07) is 16.1. The van der Waals surface area contributed by atoms with E-state index in [2.05, 4.69) is 31.0 Å². The number of aryl methyl sites for hydroxylation is 2. The molecule has 1 fully saturated rings. The van der Waals surface area contributed by atoms with Crippen molar-refractivity contribution in [1.29, 1.82) is 0 Å². The Morgan fingerprint density at radius 1 is 1.06 bits per heavy atom. The van der Waals surface area contributed by atoms with Crippen LogP contribution in [0.3, 0.4) is 0 Å². The summed E-state index contributed by atoms with van der Waals surface area (Å²) in [5.74, 6) is 0.423. The summed E-state index contributed by atoms with van der Waals surface area (Å²) in [6.45, 7) is 8.59. The number of nitrogens with zero attached hydrogens (tertiary/aromatic N) is 1. The molecule has 0 spiro atoms. The molecule has 6 nitrogen and oxygen atoms in total. The van der Waals surface area contributed by atoms with Crippen molar-refractivity contribution in [3.8, 4) is 22.6 Å². The van der Waals surface area contributed by atoms with Gasteiger partial charge in [-0.2, -0.15) is 0 Å². The number of ether oxygens (including phenoxy) is 2. The van der Waals surface area contributed by atoms with Crippen LogP contribution in [0.5, 0.6) is 11.5 Å². The molecule has 0 radical (unpaired) electrons. The molecule has 3 aromatic rings. The molecule has 1 saturated carbocycles. The zero-order valence-electron chi connectivity index (χ0n) is 20.7. The van der Waals surface area contributed by atoms with Crippen LogP contribution in [0.25, 0.3) is 11.1 Å². The quantitative estimate of drug-likeness (QED) is 0.393. The predicted octanol–water partition coefficient (Wildman–Crippen LogP) is 5.67. The van der Waals surface area contributed by atoms with Crippen molar-refractivity contribution in [2.45, 2.75) is 58.7 Å². The minimum Gasteiger partial charge on any atom is -0.493 e. The summed E-state index contributed by atoms with van der Waals surface area (Å²) in [7, 11) is 0. The fraction of sp³-hybridized carbons (Fsp3) is 0.379. The second kappa shape index (κ2) is 10.1. The maximum Gasteiger partial charge on any atom is 0.307 e. The lowest BCUT2D eigenvalue weighted by Crippen LogP contribution is -2.21. The fourth-order valence-corrected chi connectivity index (χ4v) is 4.36. The molecule has 0 saturated heterocycles. The molecule has 1 aliphatic carbocycles. The maximum absolute atomic E-state index is 11.1. The van der Waals surface area contributed by atoms with E-state index >= 15 is 0 Å². The molecule has 0 aliphatic heterocycles. The largest absolute Gasteiger partial charge is 0.493 e. The number of benzene rings is 2. The molecule has 6 heteroatoms. The van der Waals surface area contributed by atoms with Crippen molar-refractivity contribution >= 4 is 5.97 Å². The second-order valence-corrected chi connectivity index (χ2v) is 10.0. The SMILES string of the molecule is Cc1cc(OCCC(C)(C)O)cc(C)c1-c1cccc(COc2ccc([C@H]3C[C@@H]3C(=O)O)nc2)c1. The molecule has 2 aromatic carbocycles. The van der Waals surface area contributed by atoms with Gasteiger partial charge in [0, 0.05) is 18.0 Å². The van der Waals surface area contributed by atoms with Crippen molar-refractivity contribution < 1.29 is 24.5 Å². The van der Waals surface area contributed by atoms with E-state index in [9.17, 15) is 9.90 Å². The van der Waals surface area contributed by atoms with E-state index in [-0.39, 0.29) is 11.8 Å². The third kappa shape index (κ3) is 6.40. The normalized spacial score (nSPS) is 17.2. The van der Waals surface area contributed by atoms with Crippen LogP contribution in [0.4, 0.5) is 0 Å². The van der Waals surface area contributed by atoms with Crippen LogP contribution in [-0.2, 0) is 11.4 Å². The number of carboxylic acids is 1. The lowest BCUT2D eigenvalue weighted by molar-refractivity contribution is -0.138. The third-order valence-corrected chi connectivity index (χ3v) is 6.36. The van der Waals surface area contributed by atoms with E-state index in [0.717, 1.165) is 33.7 Å². The molecule has 4 rings (SSSR count). The number of aliphatic carboxylic acids is 1. The average Bonchev–Trinajstić information content (AvgIpc) is 3.58. The number of carboxylic acid groups (broad SMARTS) is 1. The topological polar surface area (TPSA) is 88.9 Å². The monoisotopic (exact) mass is 475 g/mol. The van der Waals surface area contributed by atoms with Gasteiger partial charge in [-0.15, -0.1) is 0 Å². The van der Waals surface area contributed by atoms with E-state index in [1.807, 2.05) is 36.4 Å². The lowest BCUT2D eigenvalue weighted by Gasteiger charge is -2.18. The smallest absolute Gasteiger partial charge is 0.307 e. The Bertz CT molecular complexity index is 1170. The van der Waals surface area contributed by atoms with Gasteiger partial charge in [0.25, 0.3) is 0 Å². The van der Waals surface area contributed by atoms with Crippen molar-refractivity contribution in [1.82, 2.24) is 4.98 Å². The summed E-state index contributed by atoms with van der Waals surface area (Å²) >= 11 is 0. The van der Waals surface area contributed by atoms with Gasteiger partial charge >= 0.3 is 5.97 Å². The first-order chi connectivity index (χ1) is 16.6. The number of aliphatic hydroxyl groups is 1. The highest BCUT2D eigenvalue weighted by atomic mass is 16.5. The maximum atomic E-state index is 11.1. The zero-order chi connectivity index (χ0) is 25.2. The number of carbonyl (C=O) groups is 1. The van der Waals surface area contributed by atoms with Gasteiger partial charge in [-0.05, 0) is 92.3 Å². The second-order valence-electron chi connectivity index (χ2n) is 10.0. The molecule has 2 N–H and O–H groups in total. The fourth-order valence-electron chi connectivity index (χ4n) is 4.36. The van der Waals surface area contributed by atoms with Crippen LogP contribution in [0.1, 0.15) is 55.0 Å². The van der Waals surface area contributed by atoms with Crippen molar-refractivity contribution in [3.63, 3.8) is 0 Å². The van der Waals surface area contributed by atoms with E-state index in [1.165, 1.54) is 5.56 Å². The van der Waals surface area contributed by atoms with Gasteiger partial charge in [-0.25, -0.2) is 0 Å². The molecule has 1 heterocycles. The first kappa shape index (κ1) is 24.7. The van der Waals surface area contributed by atoms with Gasteiger partial charge < -0.3 is 19.7 Å². The summed E-state index contributed by atoms with van der Waals surface area (Å²) in [6.07, 6.45) is 2.89. The zero-order valence-corrected chi connectivity index (χ0v) is 20.7. The van der Waals surface area contributed by atoms with Gasteiger partial charge in [0.05, 0.1) is 24.3 Å². The number of pyridine rings is 1. The summed E-state index contributed by atoms with van der Waals surface area (Å²) < 4.78 is 11.8. The minimum absolute atomic E-state index is 0.0167. The first-order valence-corrected chi connectivity index (χ1v) is 12.0. The first-order valence-electron chi connectivity index (χ1n) is 12.0. The van der Waals surface area contributed by atoms with Crippen LogP contribution in [0.15, 0.2) is 54.7 Å². The average molecular weight is 476 g/mol. The molecule has 35 heavy (non-hydrogen) atoms. The Labute approximate surface area is 206 Å². The van der Waals surface area contributed by atoms with Gasteiger partial charge in [0.2, 0.25) is 0 Å². The van der Waals surface area contributed by atoms with Crippen molar-refractivity contribution in [2.24, 2.45) is 5.92 Å². The Morgan fingerprint density at radius 3 is 2.40 bits per heavy atom. The molecule has 2 atom stereocenters. The van der Waals surface area contributed by atoms with Crippen LogP contribution in [-0.4, -0.2) is 33.4 Å². The van der Waals surface area contributed by atoms with E-state index < -0.39 is 11.6 Å². The lowest BCUT2D eigenvalue weighted by atomic mass is 9.94. The molecule has 0 unspecified atom stereocenters. The number of rotatable bonds is 10. The van der Waals surface area contributed by atoms with Gasteiger partial charge in [-0.3, -0.25) is 9.78 Å².